The standard InChI is InChI=1S/C12H15N3O2/c1-7(2)9-6-15(3)10-4-8(12(16)14-17)5-13-11(9)10/h4-7,17H,1-3H3,(H,14,16). The van der Waals surface area contributed by atoms with E-state index in [-0.39, 0.29) is 0 Å². The first-order valence-electron chi connectivity index (χ1n) is 5.44. The van der Waals surface area contributed by atoms with Gasteiger partial charge in [0.05, 0.1) is 16.6 Å². The fourth-order valence-electron chi connectivity index (χ4n) is 1.89. The predicted octanol–water partition coefficient (Wildman–Crippen LogP) is 1.82. The van der Waals surface area contributed by atoms with E-state index in [2.05, 4.69) is 18.8 Å². The number of aryl methyl sites for hydroxylation is 1. The number of rotatable bonds is 2. The Morgan fingerprint density at radius 1 is 1.53 bits per heavy atom. The third kappa shape index (κ3) is 1.89. The molecule has 0 saturated carbocycles. The van der Waals surface area contributed by atoms with E-state index < -0.39 is 5.91 Å². The summed E-state index contributed by atoms with van der Waals surface area (Å²) in [4.78, 5) is 15.6. The van der Waals surface area contributed by atoms with Gasteiger partial charge in [-0.1, -0.05) is 13.8 Å². The number of nitrogens with zero attached hydrogens (tertiary/aromatic N) is 2. The van der Waals surface area contributed by atoms with E-state index in [1.165, 1.54) is 6.20 Å². The molecule has 0 atom stereocenters. The van der Waals surface area contributed by atoms with Crippen LogP contribution in [0, 0.1) is 0 Å². The Bertz CT molecular complexity index is 572. The summed E-state index contributed by atoms with van der Waals surface area (Å²) in [6, 6.07) is 1.72. The maximum absolute atomic E-state index is 11.3. The molecule has 0 unspecified atom stereocenters. The highest BCUT2D eigenvalue weighted by Gasteiger charge is 2.13. The van der Waals surface area contributed by atoms with Crippen LogP contribution >= 0.6 is 0 Å². The largest absolute Gasteiger partial charge is 0.349 e. The third-order valence-corrected chi connectivity index (χ3v) is 2.84. The zero-order valence-electron chi connectivity index (χ0n) is 10.1. The number of fused-ring (bicyclic) bond motifs is 1. The predicted molar refractivity (Wildman–Crippen MR) is 64.1 cm³/mol. The maximum Gasteiger partial charge on any atom is 0.276 e. The van der Waals surface area contributed by atoms with Crippen LogP contribution in [-0.2, 0) is 7.05 Å². The Morgan fingerprint density at radius 3 is 2.82 bits per heavy atom. The van der Waals surface area contributed by atoms with Crippen molar-refractivity contribution in [3.05, 3.63) is 29.6 Å². The summed E-state index contributed by atoms with van der Waals surface area (Å²) in [7, 11) is 1.91. The van der Waals surface area contributed by atoms with Crippen molar-refractivity contribution < 1.29 is 10.0 Å². The molecule has 2 rings (SSSR count). The lowest BCUT2D eigenvalue weighted by molar-refractivity contribution is 0.0706. The van der Waals surface area contributed by atoms with Gasteiger partial charge in [0.15, 0.2) is 0 Å². The number of hydroxylamine groups is 1. The molecular formula is C12H15N3O2. The summed E-state index contributed by atoms with van der Waals surface area (Å²) >= 11 is 0. The fourth-order valence-corrected chi connectivity index (χ4v) is 1.89. The lowest BCUT2D eigenvalue weighted by Gasteiger charge is -2.02. The van der Waals surface area contributed by atoms with Gasteiger partial charge in [-0.25, -0.2) is 5.48 Å². The first-order chi connectivity index (χ1) is 8.04. The highest BCUT2D eigenvalue weighted by molar-refractivity contribution is 5.96. The SMILES string of the molecule is CC(C)c1cn(C)c2cc(C(=O)NO)cnc12. The lowest BCUT2D eigenvalue weighted by Crippen LogP contribution is -2.18. The van der Waals surface area contributed by atoms with Crippen molar-refractivity contribution in [2.45, 2.75) is 19.8 Å². The van der Waals surface area contributed by atoms with Crippen LogP contribution in [0.25, 0.3) is 11.0 Å². The van der Waals surface area contributed by atoms with E-state index in [0.29, 0.717) is 11.5 Å². The normalized spacial score (nSPS) is 11.1. The molecular weight excluding hydrogens is 218 g/mol. The molecule has 90 valence electrons. The monoisotopic (exact) mass is 233 g/mol. The van der Waals surface area contributed by atoms with Gasteiger partial charge in [0.1, 0.15) is 0 Å². The topological polar surface area (TPSA) is 67.2 Å². The molecule has 0 aliphatic heterocycles. The Morgan fingerprint density at radius 2 is 2.24 bits per heavy atom. The molecule has 0 saturated heterocycles. The fraction of sp³-hybridized carbons (Fsp3) is 0.333. The van der Waals surface area contributed by atoms with Crippen molar-refractivity contribution in [1.82, 2.24) is 15.0 Å². The number of hydrogen-bond donors (Lipinski definition) is 2. The van der Waals surface area contributed by atoms with Gasteiger partial charge >= 0.3 is 0 Å². The number of aromatic nitrogens is 2. The Hall–Kier alpha value is -1.88. The molecule has 17 heavy (non-hydrogen) atoms. The number of nitrogens with one attached hydrogen (secondary N) is 1. The Labute approximate surface area is 99.0 Å². The summed E-state index contributed by atoms with van der Waals surface area (Å²) < 4.78 is 1.94. The molecule has 5 heteroatoms. The third-order valence-electron chi connectivity index (χ3n) is 2.84. The van der Waals surface area contributed by atoms with Crippen LogP contribution in [0.2, 0.25) is 0 Å². The molecule has 2 aromatic rings. The van der Waals surface area contributed by atoms with E-state index >= 15 is 0 Å². The van der Waals surface area contributed by atoms with Crippen LogP contribution in [0.3, 0.4) is 0 Å². The molecule has 0 fully saturated rings. The van der Waals surface area contributed by atoms with Crippen LogP contribution in [0.5, 0.6) is 0 Å². The number of carbonyl (C=O) groups excluding carboxylic acids is 1. The van der Waals surface area contributed by atoms with Gasteiger partial charge in [0.25, 0.3) is 5.91 Å². The number of carbonyl (C=O) groups is 1. The summed E-state index contributed by atoms with van der Waals surface area (Å²) in [5.41, 5.74) is 4.89. The molecule has 2 aromatic heterocycles. The Kier molecular flexibility index (Phi) is 2.85. The molecule has 0 aliphatic rings. The quantitative estimate of drug-likeness (QED) is 0.614. The summed E-state index contributed by atoms with van der Waals surface area (Å²) in [5, 5.41) is 8.59. The molecule has 5 nitrogen and oxygen atoms in total. The van der Waals surface area contributed by atoms with E-state index in [9.17, 15) is 4.79 Å². The molecule has 0 radical (unpaired) electrons. The van der Waals surface area contributed by atoms with Crippen molar-refractivity contribution in [3.8, 4) is 0 Å². The minimum Gasteiger partial charge on any atom is -0.349 e. The summed E-state index contributed by atoms with van der Waals surface area (Å²) in [6.45, 7) is 4.20. The minimum atomic E-state index is -0.549. The van der Waals surface area contributed by atoms with E-state index in [1.54, 1.807) is 11.5 Å². The number of pyridine rings is 1. The first kappa shape index (κ1) is 11.6. The number of hydrogen-bond acceptors (Lipinski definition) is 3. The molecule has 1 amide bonds. The summed E-state index contributed by atoms with van der Waals surface area (Å²) in [6.07, 6.45) is 3.49. The zero-order chi connectivity index (χ0) is 12.6. The molecule has 0 bridgehead atoms. The van der Waals surface area contributed by atoms with E-state index in [1.807, 2.05) is 17.8 Å². The van der Waals surface area contributed by atoms with Crippen LogP contribution in [-0.4, -0.2) is 20.7 Å². The lowest BCUT2D eigenvalue weighted by atomic mass is 10.1. The van der Waals surface area contributed by atoms with Gasteiger partial charge in [-0.2, -0.15) is 0 Å². The minimum absolute atomic E-state index is 0.344. The van der Waals surface area contributed by atoms with Gasteiger partial charge in [-0.3, -0.25) is 15.0 Å². The van der Waals surface area contributed by atoms with Crippen molar-refractivity contribution in [2.75, 3.05) is 0 Å². The van der Waals surface area contributed by atoms with E-state index in [0.717, 1.165) is 16.6 Å². The van der Waals surface area contributed by atoms with Crippen LogP contribution in [0.15, 0.2) is 18.5 Å². The van der Waals surface area contributed by atoms with Crippen molar-refractivity contribution >= 4 is 16.9 Å². The average molecular weight is 233 g/mol. The second-order valence-electron chi connectivity index (χ2n) is 4.38. The average Bonchev–Trinajstić information content (AvgIpc) is 2.65. The van der Waals surface area contributed by atoms with Gasteiger partial charge in [0.2, 0.25) is 0 Å². The van der Waals surface area contributed by atoms with Crippen molar-refractivity contribution in [2.24, 2.45) is 7.05 Å². The van der Waals surface area contributed by atoms with Crippen molar-refractivity contribution in [3.63, 3.8) is 0 Å². The smallest absolute Gasteiger partial charge is 0.276 e. The second kappa shape index (κ2) is 4.18. The summed E-state index contributed by atoms with van der Waals surface area (Å²) in [5.74, 6) is -0.171. The second-order valence-corrected chi connectivity index (χ2v) is 4.38. The zero-order valence-corrected chi connectivity index (χ0v) is 10.1. The first-order valence-corrected chi connectivity index (χ1v) is 5.44. The number of amides is 1. The molecule has 0 aromatic carbocycles. The maximum atomic E-state index is 11.3. The molecule has 2 heterocycles. The molecule has 0 aliphatic carbocycles. The van der Waals surface area contributed by atoms with Crippen LogP contribution in [0.1, 0.15) is 35.7 Å². The van der Waals surface area contributed by atoms with E-state index in [4.69, 9.17) is 5.21 Å². The molecule has 0 spiro atoms. The van der Waals surface area contributed by atoms with Crippen LogP contribution in [0.4, 0.5) is 0 Å². The highest BCUT2D eigenvalue weighted by Crippen LogP contribution is 2.25. The van der Waals surface area contributed by atoms with Gasteiger partial charge < -0.3 is 4.57 Å². The van der Waals surface area contributed by atoms with Crippen LogP contribution < -0.4 is 5.48 Å². The molecule has 2 N–H and O–H groups in total. The van der Waals surface area contributed by atoms with Gasteiger partial charge in [-0.15, -0.1) is 0 Å². The van der Waals surface area contributed by atoms with Gasteiger partial charge in [0, 0.05) is 19.4 Å². The Balaban J connectivity index is 2.63. The van der Waals surface area contributed by atoms with Gasteiger partial charge in [-0.05, 0) is 17.5 Å². The van der Waals surface area contributed by atoms with Crippen molar-refractivity contribution in [1.29, 1.82) is 0 Å². The highest BCUT2D eigenvalue weighted by atomic mass is 16.5.